The van der Waals surface area contributed by atoms with Crippen molar-refractivity contribution in [1.29, 1.82) is 0 Å². The fourth-order valence-corrected chi connectivity index (χ4v) is 2.86. The highest BCUT2D eigenvalue weighted by Crippen LogP contribution is 2.20. The van der Waals surface area contributed by atoms with E-state index in [2.05, 4.69) is 15.0 Å². The highest BCUT2D eigenvalue weighted by Gasteiger charge is 2.21. The third kappa shape index (κ3) is 4.01. The Bertz CT molecular complexity index is 679. The molecular formula is C15H18F2N4O2. The summed E-state index contributed by atoms with van der Waals surface area (Å²) in [6.45, 7) is 3.18. The Labute approximate surface area is 131 Å². The van der Waals surface area contributed by atoms with Crippen molar-refractivity contribution in [3.63, 3.8) is 0 Å². The molecule has 23 heavy (non-hydrogen) atoms. The quantitative estimate of drug-likeness (QED) is 0.842. The molecule has 3 rings (SSSR count). The van der Waals surface area contributed by atoms with Gasteiger partial charge in [0.25, 0.3) is 12.0 Å². The zero-order valence-electron chi connectivity index (χ0n) is 12.6. The maximum atomic E-state index is 12.5. The Morgan fingerprint density at radius 2 is 2.13 bits per heavy atom. The van der Waals surface area contributed by atoms with Gasteiger partial charge in [0.1, 0.15) is 12.0 Å². The molecule has 0 spiro atoms. The lowest BCUT2D eigenvalue weighted by Crippen LogP contribution is -2.36. The lowest BCUT2D eigenvalue weighted by Gasteiger charge is -2.31. The summed E-state index contributed by atoms with van der Waals surface area (Å²) in [5, 5.41) is 3.69. The SMILES string of the molecule is O=c1cc(C(F)F)ncn1CC1CCN(Cc2cnoc2)CC1. The molecule has 0 unspecified atom stereocenters. The largest absolute Gasteiger partial charge is 0.364 e. The Morgan fingerprint density at radius 3 is 2.74 bits per heavy atom. The molecule has 0 bridgehead atoms. The Kier molecular flexibility index (Phi) is 4.80. The van der Waals surface area contributed by atoms with Gasteiger partial charge in [0.2, 0.25) is 0 Å². The van der Waals surface area contributed by atoms with Gasteiger partial charge in [-0.2, -0.15) is 0 Å². The number of piperidine rings is 1. The van der Waals surface area contributed by atoms with Crippen LogP contribution in [0.25, 0.3) is 0 Å². The first-order valence-corrected chi connectivity index (χ1v) is 7.57. The van der Waals surface area contributed by atoms with E-state index in [1.165, 1.54) is 10.9 Å². The van der Waals surface area contributed by atoms with E-state index in [1.54, 1.807) is 12.5 Å². The molecule has 2 aromatic heterocycles. The van der Waals surface area contributed by atoms with Crippen LogP contribution in [0.2, 0.25) is 0 Å². The van der Waals surface area contributed by atoms with Crippen LogP contribution in [0.4, 0.5) is 8.78 Å². The average Bonchev–Trinajstić information content (AvgIpc) is 3.04. The van der Waals surface area contributed by atoms with Gasteiger partial charge in [-0.3, -0.25) is 14.3 Å². The third-order valence-electron chi connectivity index (χ3n) is 4.18. The lowest BCUT2D eigenvalue weighted by molar-refractivity contribution is 0.144. The molecule has 0 atom stereocenters. The molecule has 3 heterocycles. The van der Waals surface area contributed by atoms with Gasteiger partial charge in [0.15, 0.2) is 0 Å². The molecule has 1 aliphatic heterocycles. The normalized spacial score (nSPS) is 17.0. The Morgan fingerprint density at radius 1 is 1.35 bits per heavy atom. The molecule has 2 aromatic rings. The monoisotopic (exact) mass is 324 g/mol. The van der Waals surface area contributed by atoms with Gasteiger partial charge in [0.05, 0.1) is 12.5 Å². The van der Waals surface area contributed by atoms with Crippen molar-refractivity contribution in [2.45, 2.75) is 32.4 Å². The molecule has 6 nitrogen and oxygen atoms in total. The second-order valence-electron chi connectivity index (χ2n) is 5.86. The molecule has 0 aliphatic carbocycles. The standard InChI is InChI=1S/C15H18F2N4O2/c16-15(17)13-5-14(22)21(10-18-13)8-11-1-3-20(4-2-11)7-12-6-19-23-9-12/h5-6,9-11,15H,1-4,7-8H2. The third-order valence-corrected chi connectivity index (χ3v) is 4.18. The molecule has 0 aromatic carbocycles. The van der Waals surface area contributed by atoms with Crippen LogP contribution in [-0.4, -0.2) is 32.7 Å². The predicted octanol–water partition coefficient (Wildman–Crippen LogP) is 2.08. The molecular weight excluding hydrogens is 306 g/mol. The average molecular weight is 324 g/mol. The van der Waals surface area contributed by atoms with Crippen LogP contribution in [0.3, 0.4) is 0 Å². The number of rotatable bonds is 5. The van der Waals surface area contributed by atoms with Gasteiger partial charge in [-0.1, -0.05) is 5.16 Å². The molecule has 1 fully saturated rings. The van der Waals surface area contributed by atoms with Crippen LogP contribution in [0.15, 0.2) is 34.2 Å². The minimum Gasteiger partial charge on any atom is -0.364 e. The lowest BCUT2D eigenvalue weighted by atomic mass is 9.96. The van der Waals surface area contributed by atoms with E-state index in [9.17, 15) is 13.6 Å². The summed E-state index contributed by atoms with van der Waals surface area (Å²) < 4.78 is 31.3. The van der Waals surface area contributed by atoms with E-state index in [4.69, 9.17) is 4.52 Å². The summed E-state index contributed by atoms with van der Waals surface area (Å²) >= 11 is 0. The van der Waals surface area contributed by atoms with Crippen LogP contribution >= 0.6 is 0 Å². The number of alkyl halides is 2. The molecule has 8 heteroatoms. The highest BCUT2D eigenvalue weighted by molar-refractivity contribution is 5.01. The van der Waals surface area contributed by atoms with Gasteiger partial charge < -0.3 is 4.52 Å². The molecule has 1 saturated heterocycles. The van der Waals surface area contributed by atoms with Crippen molar-refractivity contribution in [2.75, 3.05) is 13.1 Å². The van der Waals surface area contributed by atoms with E-state index < -0.39 is 17.7 Å². The van der Waals surface area contributed by atoms with Gasteiger partial charge in [0, 0.05) is 24.7 Å². The minimum atomic E-state index is -2.71. The number of hydrogen-bond donors (Lipinski definition) is 0. The van der Waals surface area contributed by atoms with Crippen LogP contribution < -0.4 is 5.56 Å². The van der Waals surface area contributed by atoms with Crippen LogP contribution in [0.5, 0.6) is 0 Å². The second-order valence-corrected chi connectivity index (χ2v) is 5.86. The molecule has 0 N–H and O–H groups in total. The van der Waals surface area contributed by atoms with Crippen molar-refractivity contribution >= 4 is 0 Å². The summed E-state index contributed by atoms with van der Waals surface area (Å²) in [7, 11) is 0. The fraction of sp³-hybridized carbons (Fsp3) is 0.533. The maximum absolute atomic E-state index is 12.5. The molecule has 0 saturated carbocycles. The Hall–Kier alpha value is -2.09. The number of halogens is 2. The summed E-state index contributed by atoms with van der Waals surface area (Å²) in [6.07, 6.45) is 3.78. The summed E-state index contributed by atoms with van der Waals surface area (Å²) in [4.78, 5) is 17.8. The predicted molar refractivity (Wildman–Crippen MR) is 78.0 cm³/mol. The first-order valence-electron chi connectivity index (χ1n) is 7.57. The van der Waals surface area contributed by atoms with E-state index >= 15 is 0 Å². The smallest absolute Gasteiger partial charge is 0.280 e. The van der Waals surface area contributed by atoms with Crippen molar-refractivity contribution in [3.05, 3.63) is 46.5 Å². The van der Waals surface area contributed by atoms with Crippen molar-refractivity contribution in [2.24, 2.45) is 5.92 Å². The molecule has 1 aliphatic rings. The zero-order chi connectivity index (χ0) is 16.2. The zero-order valence-corrected chi connectivity index (χ0v) is 12.6. The minimum absolute atomic E-state index is 0.352. The molecule has 0 radical (unpaired) electrons. The fourth-order valence-electron chi connectivity index (χ4n) is 2.86. The van der Waals surface area contributed by atoms with Crippen molar-refractivity contribution in [3.8, 4) is 0 Å². The second kappa shape index (κ2) is 6.99. The summed E-state index contributed by atoms with van der Waals surface area (Å²) in [6, 6.07) is 0.922. The number of aromatic nitrogens is 3. The topological polar surface area (TPSA) is 64.2 Å². The maximum Gasteiger partial charge on any atom is 0.280 e. The van der Waals surface area contributed by atoms with E-state index in [1.807, 2.05) is 0 Å². The number of nitrogens with zero attached hydrogens (tertiary/aromatic N) is 4. The van der Waals surface area contributed by atoms with Gasteiger partial charge >= 0.3 is 0 Å². The number of hydrogen-bond acceptors (Lipinski definition) is 5. The van der Waals surface area contributed by atoms with Crippen LogP contribution in [0, 0.1) is 5.92 Å². The van der Waals surface area contributed by atoms with E-state index in [0.29, 0.717) is 12.5 Å². The number of likely N-dealkylation sites (tertiary alicyclic amines) is 1. The van der Waals surface area contributed by atoms with Crippen LogP contribution in [-0.2, 0) is 13.1 Å². The van der Waals surface area contributed by atoms with E-state index in [0.717, 1.165) is 44.1 Å². The van der Waals surface area contributed by atoms with Gasteiger partial charge in [-0.05, 0) is 31.8 Å². The first-order chi connectivity index (χ1) is 11.1. The van der Waals surface area contributed by atoms with Crippen LogP contribution in [0.1, 0.15) is 30.5 Å². The van der Waals surface area contributed by atoms with Crippen molar-refractivity contribution < 1.29 is 13.3 Å². The Balaban J connectivity index is 1.53. The first kappa shape index (κ1) is 15.8. The van der Waals surface area contributed by atoms with Gasteiger partial charge in [-0.25, -0.2) is 13.8 Å². The summed E-state index contributed by atoms with van der Waals surface area (Å²) in [5.74, 6) is 0.352. The summed E-state index contributed by atoms with van der Waals surface area (Å²) in [5.41, 5.74) is 0.170. The van der Waals surface area contributed by atoms with E-state index in [-0.39, 0.29) is 0 Å². The van der Waals surface area contributed by atoms with Gasteiger partial charge in [-0.15, -0.1) is 0 Å². The van der Waals surface area contributed by atoms with Crippen molar-refractivity contribution in [1.82, 2.24) is 19.6 Å². The highest BCUT2D eigenvalue weighted by atomic mass is 19.3. The molecule has 0 amide bonds. The molecule has 124 valence electrons.